The van der Waals surface area contributed by atoms with Crippen molar-refractivity contribution in [1.29, 1.82) is 0 Å². The van der Waals surface area contributed by atoms with Crippen molar-refractivity contribution in [2.45, 2.75) is 103 Å². The number of halogens is 2. The van der Waals surface area contributed by atoms with Gasteiger partial charge in [0.25, 0.3) is 0 Å². The van der Waals surface area contributed by atoms with Crippen LogP contribution in [0.4, 0.5) is 8.78 Å². The van der Waals surface area contributed by atoms with E-state index in [9.17, 15) is 9.67 Å². The van der Waals surface area contributed by atoms with Crippen molar-refractivity contribution in [3.63, 3.8) is 0 Å². The molecule has 1 aliphatic rings. The molecule has 186 valence electrons. The van der Waals surface area contributed by atoms with E-state index in [4.69, 9.17) is 22.9 Å². The van der Waals surface area contributed by atoms with Crippen molar-refractivity contribution in [3.05, 3.63) is 0 Å². The minimum atomic E-state index is -5.00. The van der Waals surface area contributed by atoms with E-state index in [2.05, 4.69) is 0 Å². The fourth-order valence-electron chi connectivity index (χ4n) is 2.85. The molecule has 0 aromatic rings. The first-order valence-corrected chi connectivity index (χ1v) is 15.4. The van der Waals surface area contributed by atoms with Crippen LogP contribution in [0.3, 0.4) is 0 Å². The minimum Gasteiger partial charge on any atom is -0.414 e. The van der Waals surface area contributed by atoms with Crippen molar-refractivity contribution in [3.8, 4) is 0 Å². The Morgan fingerprint density at radius 2 is 1.68 bits per heavy atom. The fraction of sp³-hybridized carbons (Fsp3) is 1.00. The lowest BCUT2D eigenvalue weighted by Crippen LogP contribution is -2.59. The highest BCUT2D eigenvalue weighted by Gasteiger charge is 2.68. The fourth-order valence-corrected chi connectivity index (χ4v) is 5.62. The molecular weight excluding hydrogens is 449 g/mol. The Morgan fingerprint density at radius 3 is 2.10 bits per heavy atom. The first-order chi connectivity index (χ1) is 14.1. The Bertz CT molecular complexity index is 595. The van der Waals surface area contributed by atoms with Crippen LogP contribution in [0.15, 0.2) is 0 Å². The first-order valence-electron chi connectivity index (χ1n) is 11.0. The summed E-state index contributed by atoms with van der Waals surface area (Å²) >= 11 is 0. The van der Waals surface area contributed by atoms with E-state index in [-0.39, 0.29) is 24.9 Å². The summed E-state index contributed by atoms with van der Waals surface area (Å²) in [7, 11) is -7.35. The van der Waals surface area contributed by atoms with Crippen LogP contribution < -0.4 is 0 Å². The molecule has 7 nitrogen and oxygen atoms in total. The zero-order chi connectivity index (χ0) is 24.1. The number of rotatable bonds is 12. The Morgan fingerprint density at radius 1 is 1.13 bits per heavy atom. The summed E-state index contributed by atoms with van der Waals surface area (Å²) in [6, 6.07) is 0. The number of ether oxygens (including phenoxy) is 2. The number of aliphatic hydroxyl groups is 1. The van der Waals surface area contributed by atoms with E-state index < -0.39 is 39.6 Å². The third kappa shape index (κ3) is 6.79. The average Bonchev–Trinajstić information content (AvgIpc) is 2.65. The summed E-state index contributed by atoms with van der Waals surface area (Å²) < 4.78 is 71.3. The van der Waals surface area contributed by atoms with Crippen molar-refractivity contribution >= 4 is 15.9 Å². The van der Waals surface area contributed by atoms with Crippen molar-refractivity contribution in [1.82, 2.24) is 0 Å². The highest BCUT2D eigenvalue weighted by Crippen LogP contribution is 2.66. The second kappa shape index (κ2) is 11.0. The van der Waals surface area contributed by atoms with Gasteiger partial charge in [-0.05, 0) is 58.2 Å². The zero-order valence-electron chi connectivity index (χ0n) is 20.2. The van der Waals surface area contributed by atoms with E-state index in [0.717, 1.165) is 19.8 Å². The average molecular weight is 491 g/mol. The minimum absolute atomic E-state index is 0.181. The maximum atomic E-state index is 15.6. The lowest BCUT2D eigenvalue weighted by molar-refractivity contribution is -0.263. The molecule has 0 aromatic heterocycles. The zero-order valence-corrected chi connectivity index (χ0v) is 22.1. The molecule has 31 heavy (non-hydrogen) atoms. The Balaban J connectivity index is 3.27. The van der Waals surface area contributed by atoms with Crippen LogP contribution >= 0.6 is 7.60 Å². The van der Waals surface area contributed by atoms with Gasteiger partial charge in [-0.3, -0.25) is 4.57 Å². The van der Waals surface area contributed by atoms with E-state index in [1.165, 1.54) is 13.8 Å². The van der Waals surface area contributed by atoms with E-state index in [1.54, 1.807) is 0 Å². The van der Waals surface area contributed by atoms with Crippen LogP contribution in [0, 0.1) is 0 Å². The topological polar surface area (TPSA) is 83.5 Å². The molecule has 11 heteroatoms. The normalized spacial score (nSPS) is 22.2. The molecule has 0 aromatic carbocycles. The van der Waals surface area contributed by atoms with Crippen LogP contribution in [-0.2, 0) is 27.5 Å². The second-order valence-electron chi connectivity index (χ2n) is 9.51. The van der Waals surface area contributed by atoms with Crippen LogP contribution in [0.1, 0.15) is 60.8 Å². The molecule has 1 fully saturated rings. The monoisotopic (exact) mass is 490 g/mol. The number of hydrogen-bond donors (Lipinski definition) is 1. The van der Waals surface area contributed by atoms with Gasteiger partial charge in [0.2, 0.25) is 0 Å². The van der Waals surface area contributed by atoms with Gasteiger partial charge in [0.05, 0.1) is 19.8 Å². The molecule has 0 aliphatic carbocycles. The molecule has 1 saturated heterocycles. The van der Waals surface area contributed by atoms with E-state index >= 15 is 8.78 Å². The third-order valence-electron chi connectivity index (χ3n) is 6.03. The Hall–Kier alpha value is 0.0669. The van der Waals surface area contributed by atoms with Gasteiger partial charge in [-0.1, -0.05) is 20.8 Å². The number of alkyl halides is 2. The molecule has 0 saturated carbocycles. The van der Waals surface area contributed by atoms with E-state index in [1.807, 2.05) is 33.9 Å². The second-order valence-corrected chi connectivity index (χ2v) is 16.4. The first kappa shape index (κ1) is 29.1. The highest BCUT2D eigenvalue weighted by molar-refractivity contribution is 7.55. The molecule has 1 heterocycles. The van der Waals surface area contributed by atoms with Gasteiger partial charge in [-0.15, -0.1) is 0 Å². The van der Waals surface area contributed by atoms with E-state index in [0.29, 0.717) is 13.0 Å². The van der Waals surface area contributed by atoms with Gasteiger partial charge in [0, 0.05) is 6.61 Å². The maximum Gasteiger partial charge on any atom is 0.402 e. The van der Waals surface area contributed by atoms with Gasteiger partial charge in [-0.25, -0.2) is 0 Å². The van der Waals surface area contributed by atoms with Gasteiger partial charge in [0.1, 0.15) is 6.10 Å². The molecule has 1 aliphatic heterocycles. The summed E-state index contributed by atoms with van der Waals surface area (Å²) in [6.07, 6.45) is -0.111. The maximum absolute atomic E-state index is 15.6. The Kier molecular flexibility index (Phi) is 10.3. The SMILES string of the molecule is CCOP(=O)(OCC)C(F)(F)[C@](C)(O)[C@H](CO[Si](C)(C)C(C)(C)C)OC1CCCCO1. The predicted molar refractivity (Wildman–Crippen MR) is 118 cm³/mol. The lowest BCUT2D eigenvalue weighted by Gasteiger charge is -2.44. The summed E-state index contributed by atoms with van der Waals surface area (Å²) in [5.74, 6) is 0. The van der Waals surface area contributed by atoms with Gasteiger partial charge in [0.15, 0.2) is 20.2 Å². The molecule has 1 N–H and O–H groups in total. The van der Waals surface area contributed by atoms with Gasteiger partial charge in [-0.2, -0.15) is 8.78 Å². The lowest BCUT2D eigenvalue weighted by atomic mass is 9.99. The molecule has 0 spiro atoms. The molecule has 1 unspecified atom stereocenters. The quantitative estimate of drug-likeness (QED) is 0.284. The summed E-state index contributed by atoms with van der Waals surface area (Å²) in [5, 5.41) is 10.9. The van der Waals surface area contributed by atoms with Crippen LogP contribution in [-0.4, -0.2) is 63.5 Å². The van der Waals surface area contributed by atoms with Gasteiger partial charge < -0.3 is 28.1 Å². The molecule has 0 bridgehead atoms. The predicted octanol–water partition coefficient (Wildman–Crippen LogP) is 5.53. The molecule has 0 radical (unpaired) electrons. The third-order valence-corrected chi connectivity index (χ3v) is 12.9. The van der Waals surface area contributed by atoms with Crippen molar-refractivity contribution in [2.75, 3.05) is 26.4 Å². The van der Waals surface area contributed by atoms with Crippen molar-refractivity contribution in [2.24, 2.45) is 0 Å². The smallest absolute Gasteiger partial charge is 0.402 e. The summed E-state index contributed by atoms with van der Waals surface area (Å²) in [5.41, 5.74) is -7.15. The molecule has 3 atom stereocenters. The van der Waals surface area contributed by atoms with Crippen LogP contribution in [0.2, 0.25) is 18.1 Å². The largest absolute Gasteiger partial charge is 0.414 e. The van der Waals surface area contributed by atoms with Crippen molar-refractivity contribution < 1.29 is 41.4 Å². The summed E-state index contributed by atoms with van der Waals surface area (Å²) in [4.78, 5) is 0. The summed E-state index contributed by atoms with van der Waals surface area (Å²) in [6.45, 7) is 13.4. The van der Waals surface area contributed by atoms with Crippen LogP contribution in [0.5, 0.6) is 0 Å². The van der Waals surface area contributed by atoms with Crippen LogP contribution in [0.25, 0.3) is 0 Å². The number of hydrogen-bond acceptors (Lipinski definition) is 7. The van der Waals surface area contributed by atoms with Gasteiger partial charge >= 0.3 is 13.3 Å². The highest BCUT2D eigenvalue weighted by atomic mass is 31.2. The molecule has 0 amide bonds. The molecular formula is C20H41F2O7PSi. The standard InChI is InChI=1S/C20H41F2O7PSi/c1-9-26-30(24,27-10-2)20(21,22)19(6,23)16(29-17-13-11-12-14-25-17)15-28-31(7,8)18(3,4)5/h16-17,23H,9-15H2,1-8H3/t16-,17?,19+/m0/s1. The molecule has 1 rings (SSSR count). The Labute approximate surface area is 186 Å².